The van der Waals surface area contributed by atoms with E-state index in [0.29, 0.717) is 25.8 Å². The number of methoxy groups -OCH3 is 1. The minimum Gasteiger partial charge on any atom is -0.469 e. The molecule has 0 radical (unpaired) electrons. The molecule has 3 nitrogen and oxygen atoms in total. The minimum absolute atomic E-state index is 0.0370. The largest absolute Gasteiger partial charge is 0.469 e. The molecule has 0 aromatic heterocycles. The Hall–Kier alpha value is -0.780. The number of hydrogen-bond acceptors (Lipinski definition) is 3. The fourth-order valence-corrected chi connectivity index (χ4v) is 1.39. The molecule has 0 aromatic rings. The van der Waals surface area contributed by atoms with Crippen LogP contribution in [0, 0.1) is 0 Å². The molecule has 6 heteroatoms. The molecular weight excluding hydrogens is 235 g/mol. The Bertz CT molecular complexity index is 219. The van der Waals surface area contributed by atoms with Crippen molar-refractivity contribution >= 4 is 5.97 Å². The maximum atomic E-state index is 11.9. The highest BCUT2D eigenvalue weighted by molar-refractivity contribution is 5.69. The summed E-state index contributed by atoms with van der Waals surface area (Å²) in [5.74, 6) is -0.267. The van der Waals surface area contributed by atoms with Gasteiger partial charge >= 0.3 is 12.1 Å². The molecule has 0 saturated carbocycles. The first kappa shape index (κ1) is 16.2. The average molecular weight is 255 g/mol. The third-order valence-corrected chi connectivity index (χ3v) is 2.38. The van der Waals surface area contributed by atoms with Crippen LogP contribution in [0.25, 0.3) is 0 Å². The van der Waals surface area contributed by atoms with E-state index in [2.05, 4.69) is 10.1 Å². The SMILES string of the molecule is COC(=O)CCCNC(C)CCCC(F)(F)F. The first-order valence-corrected chi connectivity index (χ1v) is 5.72. The van der Waals surface area contributed by atoms with Gasteiger partial charge in [-0.1, -0.05) is 0 Å². The Morgan fingerprint density at radius 3 is 2.53 bits per heavy atom. The van der Waals surface area contributed by atoms with Crippen LogP contribution in [0.4, 0.5) is 13.2 Å². The van der Waals surface area contributed by atoms with Crippen LogP contribution < -0.4 is 5.32 Å². The zero-order valence-corrected chi connectivity index (χ0v) is 10.3. The van der Waals surface area contributed by atoms with E-state index < -0.39 is 12.6 Å². The van der Waals surface area contributed by atoms with Gasteiger partial charge in [-0.2, -0.15) is 13.2 Å². The second kappa shape index (κ2) is 8.33. The number of esters is 1. The van der Waals surface area contributed by atoms with Crippen molar-refractivity contribution in [3.63, 3.8) is 0 Å². The second-order valence-electron chi connectivity index (χ2n) is 4.04. The highest BCUT2D eigenvalue weighted by atomic mass is 19.4. The number of rotatable bonds is 8. The maximum absolute atomic E-state index is 11.9. The molecule has 1 atom stereocenters. The number of alkyl halides is 3. The summed E-state index contributed by atoms with van der Waals surface area (Å²) < 4.78 is 40.1. The summed E-state index contributed by atoms with van der Waals surface area (Å²) >= 11 is 0. The van der Waals surface area contributed by atoms with Crippen molar-refractivity contribution in [1.82, 2.24) is 5.32 Å². The van der Waals surface area contributed by atoms with Crippen molar-refractivity contribution < 1.29 is 22.7 Å². The van der Waals surface area contributed by atoms with Gasteiger partial charge in [0.1, 0.15) is 0 Å². The van der Waals surface area contributed by atoms with Gasteiger partial charge in [-0.15, -0.1) is 0 Å². The topological polar surface area (TPSA) is 38.3 Å². The van der Waals surface area contributed by atoms with E-state index >= 15 is 0 Å². The Morgan fingerprint density at radius 2 is 2.00 bits per heavy atom. The molecule has 0 spiro atoms. The molecule has 0 amide bonds. The molecule has 0 rings (SSSR count). The first-order chi connectivity index (χ1) is 7.85. The molecule has 0 aromatic carbocycles. The average Bonchev–Trinajstić information content (AvgIpc) is 2.22. The molecule has 1 N–H and O–H groups in total. The molecule has 102 valence electrons. The number of hydrogen-bond donors (Lipinski definition) is 1. The van der Waals surface area contributed by atoms with Crippen LogP contribution in [0.2, 0.25) is 0 Å². The van der Waals surface area contributed by atoms with Crippen LogP contribution in [0.3, 0.4) is 0 Å². The van der Waals surface area contributed by atoms with Crippen LogP contribution in [0.1, 0.15) is 39.0 Å². The molecule has 0 aliphatic heterocycles. The number of nitrogens with one attached hydrogen (secondary N) is 1. The third-order valence-electron chi connectivity index (χ3n) is 2.38. The summed E-state index contributed by atoms with van der Waals surface area (Å²) in [6, 6.07) is 0.0370. The summed E-state index contributed by atoms with van der Waals surface area (Å²) in [5.41, 5.74) is 0. The van der Waals surface area contributed by atoms with Crippen LogP contribution in [-0.2, 0) is 9.53 Å². The van der Waals surface area contributed by atoms with Gasteiger partial charge in [-0.25, -0.2) is 0 Å². The van der Waals surface area contributed by atoms with Crippen LogP contribution in [0.15, 0.2) is 0 Å². The van der Waals surface area contributed by atoms with E-state index in [1.165, 1.54) is 7.11 Å². The standard InChI is InChI=1S/C11H20F3NO2/c1-9(5-3-7-11(12,13)14)15-8-4-6-10(16)17-2/h9,15H,3-8H2,1-2H3. The molecule has 0 aliphatic rings. The lowest BCUT2D eigenvalue weighted by molar-refractivity contribution is -0.140. The van der Waals surface area contributed by atoms with Crippen LogP contribution >= 0.6 is 0 Å². The monoisotopic (exact) mass is 255 g/mol. The van der Waals surface area contributed by atoms with E-state index in [-0.39, 0.29) is 18.4 Å². The van der Waals surface area contributed by atoms with Gasteiger partial charge in [0.05, 0.1) is 7.11 Å². The summed E-state index contributed by atoms with van der Waals surface area (Å²) in [7, 11) is 1.33. The van der Waals surface area contributed by atoms with Gasteiger partial charge in [-0.05, 0) is 32.7 Å². The van der Waals surface area contributed by atoms with E-state index in [1.54, 1.807) is 0 Å². The third kappa shape index (κ3) is 11.5. The minimum atomic E-state index is -4.06. The lowest BCUT2D eigenvalue weighted by atomic mass is 10.1. The van der Waals surface area contributed by atoms with Crippen LogP contribution in [0.5, 0.6) is 0 Å². The van der Waals surface area contributed by atoms with Crippen molar-refractivity contribution in [2.45, 2.75) is 51.2 Å². The Balaban J connectivity index is 3.41. The van der Waals surface area contributed by atoms with Gasteiger partial charge in [-0.3, -0.25) is 4.79 Å². The van der Waals surface area contributed by atoms with Crippen molar-refractivity contribution in [1.29, 1.82) is 0 Å². The lowest BCUT2D eigenvalue weighted by Crippen LogP contribution is -2.27. The van der Waals surface area contributed by atoms with Crippen molar-refractivity contribution in [3.05, 3.63) is 0 Å². The Labute approximate surface area is 99.7 Å². The quantitative estimate of drug-likeness (QED) is 0.535. The zero-order valence-electron chi connectivity index (χ0n) is 10.3. The van der Waals surface area contributed by atoms with Gasteiger partial charge in [0.2, 0.25) is 0 Å². The van der Waals surface area contributed by atoms with E-state index in [4.69, 9.17) is 0 Å². The summed E-state index contributed by atoms with van der Waals surface area (Å²) in [6.07, 6.45) is -3.22. The Kier molecular flexibility index (Phi) is 7.95. The van der Waals surface area contributed by atoms with Gasteiger partial charge in [0, 0.05) is 18.9 Å². The zero-order chi connectivity index (χ0) is 13.3. The first-order valence-electron chi connectivity index (χ1n) is 5.72. The highest BCUT2D eigenvalue weighted by Gasteiger charge is 2.26. The maximum Gasteiger partial charge on any atom is 0.389 e. The van der Waals surface area contributed by atoms with E-state index in [1.807, 2.05) is 6.92 Å². The van der Waals surface area contributed by atoms with Crippen LogP contribution in [-0.4, -0.2) is 31.8 Å². The van der Waals surface area contributed by atoms with E-state index in [0.717, 1.165) is 0 Å². The summed E-state index contributed by atoms with van der Waals surface area (Å²) in [4.78, 5) is 10.8. The van der Waals surface area contributed by atoms with Crippen molar-refractivity contribution in [2.75, 3.05) is 13.7 Å². The normalized spacial score (nSPS) is 13.5. The molecule has 0 bridgehead atoms. The highest BCUT2D eigenvalue weighted by Crippen LogP contribution is 2.22. The molecule has 1 unspecified atom stereocenters. The van der Waals surface area contributed by atoms with E-state index in [9.17, 15) is 18.0 Å². The molecule has 0 aliphatic carbocycles. The van der Waals surface area contributed by atoms with Gasteiger partial charge in [0.25, 0.3) is 0 Å². The molecule has 0 saturated heterocycles. The lowest BCUT2D eigenvalue weighted by Gasteiger charge is -2.14. The smallest absolute Gasteiger partial charge is 0.389 e. The van der Waals surface area contributed by atoms with Crippen molar-refractivity contribution in [2.24, 2.45) is 0 Å². The summed E-state index contributed by atoms with van der Waals surface area (Å²) in [5, 5.41) is 3.07. The molecule has 0 heterocycles. The predicted octanol–water partition coefficient (Wildman–Crippen LogP) is 2.65. The van der Waals surface area contributed by atoms with Crippen molar-refractivity contribution in [3.8, 4) is 0 Å². The molecule has 0 fully saturated rings. The molecule has 17 heavy (non-hydrogen) atoms. The number of halogens is 3. The van der Waals surface area contributed by atoms with Gasteiger partial charge in [0.15, 0.2) is 0 Å². The predicted molar refractivity (Wildman–Crippen MR) is 58.6 cm³/mol. The van der Waals surface area contributed by atoms with Gasteiger partial charge < -0.3 is 10.1 Å². The fraction of sp³-hybridized carbons (Fsp3) is 0.909. The molecular formula is C11H20F3NO2. The number of ether oxygens (including phenoxy) is 1. The Morgan fingerprint density at radius 1 is 1.35 bits per heavy atom. The summed E-state index contributed by atoms with van der Waals surface area (Å²) in [6.45, 7) is 2.46. The number of carbonyl (C=O) groups is 1. The fourth-order valence-electron chi connectivity index (χ4n) is 1.39. The number of carbonyl (C=O) groups excluding carboxylic acids is 1. The second-order valence-corrected chi connectivity index (χ2v) is 4.04.